The van der Waals surface area contributed by atoms with Crippen LogP contribution in [0.25, 0.3) is 0 Å². The molecule has 0 spiro atoms. The minimum atomic E-state index is -0.836. The fraction of sp³-hybridized carbons (Fsp3) is 0.529. The molecule has 0 unspecified atom stereocenters. The third-order valence-corrected chi connectivity index (χ3v) is 5.03. The predicted molar refractivity (Wildman–Crippen MR) is 80.7 cm³/mol. The lowest BCUT2D eigenvalue weighted by Crippen LogP contribution is -2.45. The highest BCUT2D eigenvalue weighted by molar-refractivity contribution is 5.95. The molecule has 2 heterocycles. The summed E-state index contributed by atoms with van der Waals surface area (Å²) in [6, 6.07) is 7.55. The Bertz CT molecular complexity index is 583. The van der Waals surface area contributed by atoms with Gasteiger partial charge >= 0.3 is 5.97 Å². The van der Waals surface area contributed by atoms with Gasteiger partial charge in [0.2, 0.25) is 0 Å². The lowest BCUT2D eigenvalue weighted by Gasteiger charge is -2.33. The molecule has 0 aliphatic carbocycles. The molecule has 1 amide bonds. The molecule has 0 saturated carbocycles. The van der Waals surface area contributed by atoms with Gasteiger partial charge in [-0.05, 0) is 30.5 Å². The largest absolute Gasteiger partial charge is 0.481 e. The first kappa shape index (κ1) is 15.0. The van der Waals surface area contributed by atoms with Crippen molar-refractivity contribution in [1.82, 2.24) is 4.90 Å². The van der Waals surface area contributed by atoms with Crippen molar-refractivity contribution in [3.05, 3.63) is 35.4 Å². The number of carboxylic acid groups (broad SMARTS) is 1. The normalized spacial score (nSPS) is 27.5. The van der Waals surface area contributed by atoms with Crippen LogP contribution in [0.15, 0.2) is 24.3 Å². The number of aryl methyl sites for hydroxylation is 1. The molecule has 2 atom stereocenters. The molecule has 1 aromatic rings. The molecule has 118 valence electrons. The Morgan fingerprint density at radius 2 is 2.09 bits per heavy atom. The first-order valence-electron chi connectivity index (χ1n) is 7.76. The Kier molecular flexibility index (Phi) is 3.91. The van der Waals surface area contributed by atoms with Gasteiger partial charge in [-0.15, -0.1) is 0 Å². The smallest absolute Gasteiger partial charge is 0.311 e. The predicted octanol–water partition coefficient (Wildman–Crippen LogP) is 1.81. The quantitative estimate of drug-likeness (QED) is 0.925. The summed E-state index contributed by atoms with van der Waals surface area (Å²) in [5.41, 5.74) is 0.969. The fourth-order valence-corrected chi connectivity index (χ4v) is 3.52. The molecule has 2 saturated heterocycles. The first-order chi connectivity index (χ1) is 10.6. The van der Waals surface area contributed by atoms with E-state index >= 15 is 0 Å². The Balaban J connectivity index is 1.80. The summed E-state index contributed by atoms with van der Waals surface area (Å²) in [7, 11) is 0. The van der Waals surface area contributed by atoms with E-state index in [-0.39, 0.29) is 18.4 Å². The summed E-state index contributed by atoms with van der Waals surface area (Å²) in [5, 5.41) is 9.64. The second kappa shape index (κ2) is 5.72. The van der Waals surface area contributed by atoms with Gasteiger partial charge in [0.1, 0.15) is 0 Å². The minimum absolute atomic E-state index is 0.0855. The van der Waals surface area contributed by atoms with Crippen LogP contribution in [0.1, 0.15) is 29.3 Å². The average molecular weight is 303 g/mol. The molecule has 0 aromatic heterocycles. The third kappa shape index (κ3) is 2.39. The van der Waals surface area contributed by atoms with Gasteiger partial charge in [-0.3, -0.25) is 9.59 Å². The first-order valence-corrected chi connectivity index (χ1v) is 7.76. The van der Waals surface area contributed by atoms with E-state index in [4.69, 9.17) is 4.74 Å². The molecule has 1 N–H and O–H groups in total. The number of hydrogen-bond acceptors (Lipinski definition) is 3. The molecule has 2 fully saturated rings. The number of carbonyl (C=O) groups is 2. The number of carboxylic acids is 1. The molecule has 5 nitrogen and oxygen atoms in total. The maximum atomic E-state index is 12.6. The van der Waals surface area contributed by atoms with Crippen LogP contribution in [0.3, 0.4) is 0 Å². The van der Waals surface area contributed by atoms with Gasteiger partial charge in [-0.2, -0.15) is 0 Å². The van der Waals surface area contributed by atoms with Gasteiger partial charge in [0.05, 0.1) is 12.0 Å². The maximum absolute atomic E-state index is 12.6. The lowest BCUT2D eigenvalue weighted by molar-refractivity contribution is -0.157. The summed E-state index contributed by atoms with van der Waals surface area (Å²) in [6.45, 7) is 3.69. The molecule has 0 bridgehead atoms. The van der Waals surface area contributed by atoms with Crippen molar-refractivity contribution >= 4 is 11.9 Å². The molecule has 0 radical (unpaired) electrons. The van der Waals surface area contributed by atoms with Gasteiger partial charge in [0.25, 0.3) is 5.91 Å². The van der Waals surface area contributed by atoms with Crippen LogP contribution in [0.4, 0.5) is 0 Å². The summed E-state index contributed by atoms with van der Waals surface area (Å²) in [4.78, 5) is 26.1. The number of nitrogens with zero attached hydrogens (tertiary/aromatic N) is 1. The maximum Gasteiger partial charge on any atom is 0.311 e. The number of benzene rings is 1. The van der Waals surface area contributed by atoms with Crippen LogP contribution >= 0.6 is 0 Å². The molecule has 22 heavy (non-hydrogen) atoms. The number of ether oxygens (including phenoxy) is 1. The Hall–Kier alpha value is -1.88. The van der Waals surface area contributed by atoms with E-state index in [0.29, 0.717) is 31.7 Å². The van der Waals surface area contributed by atoms with E-state index < -0.39 is 11.4 Å². The van der Waals surface area contributed by atoms with Crippen LogP contribution in [0.5, 0.6) is 0 Å². The molecule has 1 aromatic carbocycles. The van der Waals surface area contributed by atoms with Crippen molar-refractivity contribution in [2.75, 3.05) is 26.3 Å². The van der Waals surface area contributed by atoms with E-state index in [1.54, 1.807) is 4.90 Å². The SMILES string of the molecule is CCc1ccc(C(=O)N2C[C@H]3COCC[C@@]3(C(=O)O)C2)cc1. The standard InChI is InChI=1S/C17H21NO4/c1-2-12-3-5-13(6-4-12)15(19)18-9-14-10-22-8-7-17(14,11-18)16(20)21/h3-6,14H,2,7-11H2,1H3,(H,20,21)/t14-,17+/m0/s1. The van der Waals surface area contributed by atoms with Crippen LogP contribution in [0.2, 0.25) is 0 Å². The number of fused-ring (bicyclic) bond motifs is 1. The van der Waals surface area contributed by atoms with Crippen molar-refractivity contribution in [3.63, 3.8) is 0 Å². The van der Waals surface area contributed by atoms with Crippen LogP contribution in [-0.2, 0) is 16.0 Å². The number of carbonyl (C=O) groups excluding carboxylic acids is 1. The van der Waals surface area contributed by atoms with E-state index in [0.717, 1.165) is 6.42 Å². The van der Waals surface area contributed by atoms with Crippen molar-refractivity contribution in [2.45, 2.75) is 19.8 Å². The van der Waals surface area contributed by atoms with Crippen molar-refractivity contribution < 1.29 is 19.4 Å². The molecular weight excluding hydrogens is 282 g/mol. The molecular formula is C17H21NO4. The highest BCUT2D eigenvalue weighted by Crippen LogP contribution is 2.42. The molecule has 3 rings (SSSR count). The monoisotopic (exact) mass is 303 g/mol. The van der Waals surface area contributed by atoms with Gasteiger partial charge in [0.15, 0.2) is 0 Å². The number of likely N-dealkylation sites (tertiary alicyclic amines) is 1. The van der Waals surface area contributed by atoms with Crippen molar-refractivity contribution in [1.29, 1.82) is 0 Å². The van der Waals surface area contributed by atoms with E-state index in [9.17, 15) is 14.7 Å². The fourth-order valence-electron chi connectivity index (χ4n) is 3.52. The summed E-state index contributed by atoms with van der Waals surface area (Å²) in [5.74, 6) is -1.01. The van der Waals surface area contributed by atoms with Crippen LogP contribution in [0, 0.1) is 11.3 Å². The lowest BCUT2D eigenvalue weighted by atomic mass is 9.74. The number of aliphatic carboxylic acids is 1. The van der Waals surface area contributed by atoms with Crippen LogP contribution < -0.4 is 0 Å². The summed E-state index contributed by atoms with van der Waals surface area (Å²) < 4.78 is 5.42. The minimum Gasteiger partial charge on any atom is -0.481 e. The summed E-state index contributed by atoms with van der Waals surface area (Å²) in [6.07, 6.45) is 1.41. The van der Waals surface area contributed by atoms with Gasteiger partial charge in [-0.25, -0.2) is 0 Å². The van der Waals surface area contributed by atoms with Crippen molar-refractivity contribution in [3.8, 4) is 0 Å². The Morgan fingerprint density at radius 1 is 1.36 bits per heavy atom. The second-order valence-corrected chi connectivity index (χ2v) is 6.22. The van der Waals surface area contributed by atoms with Crippen LogP contribution in [-0.4, -0.2) is 48.2 Å². The van der Waals surface area contributed by atoms with Gasteiger partial charge in [0, 0.05) is 31.2 Å². The summed E-state index contributed by atoms with van der Waals surface area (Å²) >= 11 is 0. The highest BCUT2D eigenvalue weighted by Gasteiger charge is 2.54. The number of amides is 1. The van der Waals surface area contributed by atoms with Gasteiger partial charge < -0.3 is 14.7 Å². The zero-order chi connectivity index (χ0) is 15.7. The van der Waals surface area contributed by atoms with E-state index in [2.05, 4.69) is 6.92 Å². The topological polar surface area (TPSA) is 66.8 Å². The zero-order valence-corrected chi connectivity index (χ0v) is 12.7. The van der Waals surface area contributed by atoms with Crippen molar-refractivity contribution in [2.24, 2.45) is 11.3 Å². The molecule has 2 aliphatic heterocycles. The molecule has 2 aliphatic rings. The highest BCUT2D eigenvalue weighted by atomic mass is 16.5. The van der Waals surface area contributed by atoms with Gasteiger partial charge in [-0.1, -0.05) is 19.1 Å². The number of hydrogen-bond donors (Lipinski definition) is 1. The Labute approximate surface area is 129 Å². The number of rotatable bonds is 3. The average Bonchev–Trinajstić information content (AvgIpc) is 2.95. The zero-order valence-electron chi connectivity index (χ0n) is 12.7. The second-order valence-electron chi connectivity index (χ2n) is 6.22. The van der Waals surface area contributed by atoms with E-state index in [1.165, 1.54) is 5.56 Å². The Morgan fingerprint density at radius 3 is 2.68 bits per heavy atom. The van der Waals surface area contributed by atoms with E-state index in [1.807, 2.05) is 24.3 Å². The molecule has 5 heteroatoms. The third-order valence-electron chi connectivity index (χ3n) is 5.03.